The number of rotatable bonds is 9. The van der Waals surface area contributed by atoms with Crippen LogP contribution in [0.2, 0.25) is 0 Å². The summed E-state index contributed by atoms with van der Waals surface area (Å²) in [4.78, 5) is 36.7. The molecule has 0 aliphatic heterocycles. The van der Waals surface area contributed by atoms with Crippen LogP contribution in [-0.4, -0.2) is 33.1 Å². The molecule has 33 heavy (non-hydrogen) atoms. The molecule has 9 nitrogen and oxygen atoms in total. The molecule has 0 saturated heterocycles. The predicted octanol–water partition coefficient (Wildman–Crippen LogP) is 2.98. The zero-order valence-electron chi connectivity index (χ0n) is 17.5. The first-order valence-corrected chi connectivity index (χ1v) is 12.1. The average Bonchev–Trinajstić information content (AvgIpc) is 3.36. The van der Waals surface area contributed by atoms with Gasteiger partial charge in [-0.2, -0.15) is 0 Å². The molecule has 0 bridgehead atoms. The Balaban J connectivity index is 1.59. The van der Waals surface area contributed by atoms with E-state index in [1.54, 1.807) is 41.8 Å². The smallest absolute Gasteiger partial charge is 0.269 e. The van der Waals surface area contributed by atoms with E-state index in [0.29, 0.717) is 10.6 Å². The van der Waals surface area contributed by atoms with Crippen molar-refractivity contribution in [2.75, 3.05) is 11.8 Å². The minimum atomic E-state index is -4.01. The van der Waals surface area contributed by atoms with Gasteiger partial charge in [-0.3, -0.25) is 30.0 Å². The molecule has 0 aliphatic rings. The molecule has 0 fully saturated rings. The van der Waals surface area contributed by atoms with Crippen LogP contribution in [0.1, 0.15) is 32.9 Å². The lowest BCUT2D eigenvalue weighted by Crippen LogP contribution is -2.41. The third kappa shape index (κ3) is 6.40. The van der Waals surface area contributed by atoms with Crippen LogP contribution in [0.4, 0.5) is 5.69 Å². The quantitative estimate of drug-likeness (QED) is 0.314. The van der Waals surface area contributed by atoms with Crippen LogP contribution in [0.15, 0.2) is 70.9 Å². The second-order valence-electron chi connectivity index (χ2n) is 6.74. The molecule has 2 amide bonds. The van der Waals surface area contributed by atoms with Crippen molar-refractivity contribution in [2.45, 2.75) is 17.7 Å². The maximum absolute atomic E-state index is 12.8. The molecule has 1 heterocycles. The van der Waals surface area contributed by atoms with E-state index in [2.05, 4.69) is 15.6 Å². The Morgan fingerprint density at radius 2 is 1.73 bits per heavy atom. The summed E-state index contributed by atoms with van der Waals surface area (Å²) in [6.45, 7) is 0. The molecule has 3 rings (SSSR count). The standard InChI is InChI=1S/C22H21N3O6S2/c1-31-19-9-3-2-8-17(19)25-33(29,30)16-7-4-6-15(14-16)22(28)24-23-21(27)12-11-18(26)20-10-5-13-32-20/h2-10,13-14,25H,11-12H2,1H3,(H,23,27)(H,24,28). The average molecular weight is 488 g/mol. The monoisotopic (exact) mass is 487 g/mol. The summed E-state index contributed by atoms with van der Waals surface area (Å²) in [5, 5.41) is 1.77. The highest BCUT2D eigenvalue weighted by molar-refractivity contribution is 7.92. The van der Waals surface area contributed by atoms with E-state index in [0.717, 1.165) is 0 Å². The molecule has 3 aromatic rings. The number of ketones is 1. The van der Waals surface area contributed by atoms with Gasteiger partial charge in [0.15, 0.2) is 5.78 Å². The summed E-state index contributed by atoms with van der Waals surface area (Å²) < 4.78 is 33.1. The number of methoxy groups -OCH3 is 1. The van der Waals surface area contributed by atoms with E-state index in [4.69, 9.17) is 4.74 Å². The summed E-state index contributed by atoms with van der Waals surface area (Å²) >= 11 is 1.29. The molecule has 172 valence electrons. The van der Waals surface area contributed by atoms with Gasteiger partial charge in [0.05, 0.1) is 22.6 Å². The van der Waals surface area contributed by atoms with Gasteiger partial charge in [-0.05, 0) is 41.8 Å². The van der Waals surface area contributed by atoms with Crippen LogP contribution in [0.3, 0.4) is 0 Å². The minimum Gasteiger partial charge on any atom is -0.495 e. The van der Waals surface area contributed by atoms with Crippen molar-refractivity contribution in [3.63, 3.8) is 0 Å². The van der Waals surface area contributed by atoms with Crippen LogP contribution in [0.25, 0.3) is 0 Å². The number of ether oxygens (including phenoxy) is 1. The van der Waals surface area contributed by atoms with Gasteiger partial charge in [0.2, 0.25) is 5.91 Å². The molecule has 3 N–H and O–H groups in total. The van der Waals surface area contributed by atoms with E-state index in [1.807, 2.05) is 0 Å². The largest absolute Gasteiger partial charge is 0.495 e. The predicted molar refractivity (Wildman–Crippen MR) is 124 cm³/mol. The van der Waals surface area contributed by atoms with Crippen molar-refractivity contribution in [3.8, 4) is 5.75 Å². The first kappa shape index (κ1) is 24.0. The molecule has 0 saturated carbocycles. The maximum Gasteiger partial charge on any atom is 0.269 e. The fraction of sp³-hybridized carbons (Fsp3) is 0.136. The third-order valence-electron chi connectivity index (χ3n) is 4.45. The first-order valence-electron chi connectivity index (χ1n) is 9.72. The molecule has 2 aromatic carbocycles. The van der Waals surface area contributed by atoms with Gasteiger partial charge in [0.25, 0.3) is 15.9 Å². The Hall–Kier alpha value is -3.70. The fourth-order valence-electron chi connectivity index (χ4n) is 2.79. The molecule has 0 radical (unpaired) electrons. The number of hydrogen-bond acceptors (Lipinski definition) is 7. The third-order valence-corrected chi connectivity index (χ3v) is 6.72. The Morgan fingerprint density at radius 3 is 2.45 bits per heavy atom. The summed E-state index contributed by atoms with van der Waals surface area (Å²) in [5.41, 5.74) is 4.72. The normalized spacial score (nSPS) is 10.8. The van der Waals surface area contributed by atoms with E-state index in [-0.39, 0.29) is 34.8 Å². The lowest BCUT2D eigenvalue weighted by atomic mass is 10.2. The number of carbonyl (C=O) groups excluding carboxylic acids is 3. The molecular weight excluding hydrogens is 466 g/mol. The number of para-hydroxylation sites is 2. The van der Waals surface area contributed by atoms with Crippen LogP contribution >= 0.6 is 11.3 Å². The molecule has 0 spiro atoms. The summed E-state index contributed by atoms with van der Waals surface area (Å²) in [7, 11) is -2.59. The number of Topliss-reactive ketones (excluding diaryl/α,β-unsaturated/α-hetero) is 1. The Bertz CT molecular complexity index is 1260. The summed E-state index contributed by atoms with van der Waals surface area (Å²) in [6.07, 6.45) is -0.0984. The zero-order valence-corrected chi connectivity index (χ0v) is 19.2. The van der Waals surface area contributed by atoms with Crippen LogP contribution < -0.4 is 20.3 Å². The highest BCUT2D eigenvalue weighted by Crippen LogP contribution is 2.26. The Morgan fingerprint density at radius 1 is 0.939 bits per heavy atom. The second-order valence-corrected chi connectivity index (χ2v) is 9.37. The number of amides is 2. The van der Waals surface area contributed by atoms with Crippen LogP contribution in [-0.2, 0) is 14.8 Å². The van der Waals surface area contributed by atoms with E-state index >= 15 is 0 Å². The fourth-order valence-corrected chi connectivity index (χ4v) is 4.60. The summed E-state index contributed by atoms with van der Waals surface area (Å²) in [5.74, 6) is -1.07. The lowest BCUT2D eigenvalue weighted by Gasteiger charge is -2.12. The van der Waals surface area contributed by atoms with Crippen molar-refractivity contribution in [2.24, 2.45) is 0 Å². The van der Waals surface area contributed by atoms with Gasteiger partial charge < -0.3 is 4.74 Å². The number of hydrogen-bond donors (Lipinski definition) is 3. The van der Waals surface area contributed by atoms with Gasteiger partial charge in [-0.25, -0.2) is 8.42 Å². The molecule has 0 atom stereocenters. The number of thiophene rings is 1. The van der Waals surface area contributed by atoms with Crippen molar-refractivity contribution < 1.29 is 27.5 Å². The van der Waals surface area contributed by atoms with Crippen molar-refractivity contribution in [1.82, 2.24) is 10.9 Å². The van der Waals surface area contributed by atoms with Crippen LogP contribution in [0, 0.1) is 0 Å². The molecule has 0 aliphatic carbocycles. The number of anilines is 1. The van der Waals surface area contributed by atoms with E-state index < -0.39 is 21.8 Å². The Labute approximate surface area is 194 Å². The summed E-state index contributed by atoms with van der Waals surface area (Å²) in [6, 6.07) is 15.3. The zero-order chi connectivity index (χ0) is 23.8. The van der Waals surface area contributed by atoms with Crippen LogP contribution in [0.5, 0.6) is 5.75 Å². The SMILES string of the molecule is COc1ccccc1NS(=O)(=O)c1cccc(C(=O)NNC(=O)CCC(=O)c2cccs2)c1. The maximum atomic E-state index is 12.8. The van der Waals surface area contributed by atoms with Gasteiger partial charge in [-0.1, -0.05) is 24.3 Å². The van der Waals surface area contributed by atoms with Gasteiger partial charge >= 0.3 is 0 Å². The molecule has 1 aromatic heterocycles. The van der Waals surface area contributed by atoms with Crippen molar-refractivity contribution >= 4 is 44.6 Å². The van der Waals surface area contributed by atoms with Gasteiger partial charge in [0.1, 0.15) is 5.75 Å². The lowest BCUT2D eigenvalue weighted by molar-refractivity contribution is -0.121. The molecule has 0 unspecified atom stereocenters. The van der Waals surface area contributed by atoms with E-state index in [1.165, 1.54) is 42.7 Å². The topological polar surface area (TPSA) is 131 Å². The number of nitrogens with one attached hydrogen (secondary N) is 3. The van der Waals surface area contributed by atoms with Crippen molar-refractivity contribution in [1.29, 1.82) is 0 Å². The number of hydrazine groups is 1. The van der Waals surface area contributed by atoms with Gasteiger partial charge in [0, 0.05) is 18.4 Å². The Kier molecular flexibility index (Phi) is 7.80. The van der Waals surface area contributed by atoms with E-state index in [9.17, 15) is 22.8 Å². The minimum absolute atomic E-state index is 0.00453. The number of carbonyl (C=O) groups is 3. The van der Waals surface area contributed by atoms with Crippen molar-refractivity contribution in [3.05, 3.63) is 76.5 Å². The molecule has 11 heteroatoms. The highest BCUT2D eigenvalue weighted by Gasteiger charge is 2.18. The second kappa shape index (κ2) is 10.7. The molecular formula is C22H21N3O6S2. The number of benzene rings is 2. The highest BCUT2D eigenvalue weighted by atomic mass is 32.2. The van der Waals surface area contributed by atoms with Gasteiger partial charge in [-0.15, -0.1) is 11.3 Å². The first-order chi connectivity index (χ1) is 15.8. The number of sulfonamides is 1.